The molecule has 3 nitrogen and oxygen atoms in total. The average Bonchev–Trinajstić information content (AvgIpc) is 2.91. The Hall–Kier alpha value is -2.55. The van der Waals surface area contributed by atoms with Crippen LogP contribution in [0.4, 0.5) is 0 Å². The molecule has 2 N–H and O–H groups in total. The zero-order valence-corrected chi connectivity index (χ0v) is 12.9. The van der Waals surface area contributed by atoms with Crippen molar-refractivity contribution >= 4 is 16.8 Å². The van der Waals surface area contributed by atoms with Crippen LogP contribution in [-0.2, 0) is 11.2 Å². The molecule has 0 saturated heterocycles. The van der Waals surface area contributed by atoms with Crippen LogP contribution in [0, 0.1) is 6.92 Å². The van der Waals surface area contributed by atoms with Gasteiger partial charge in [-0.05, 0) is 31.0 Å². The molecular weight excluding hydrogens is 272 g/mol. The number of hydrogen-bond donors (Lipinski definition) is 2. The summed E-state index contributed by atoms with van der Waals surface area (Å²) in [5, 5.41) is 4.18. The van der Waals surface area contributed by atoms with Crippen molar-refractivity contribution in [3.8, 4) is 0 Å². The predicted octanol–water partition coefficient (Wildman–Crippen LogP) is 3.90. The second-order valence-electron chi connectivity index (χ2n) is 5.74. The van der Waals surface area contributed by atoms with Crippen LogP contribution < -0.4 is 5.32 Å². The number of para-hydroxylation sites is 1. The van der Waals surface area contributed by atoms with Crippen molar-refractivity contribution in [3.63, 3.8) is 0 Å². The van der Waals surface area contributed by atoms with Gasteiger partial charge >= 0.3 is 0 Å². The normalized spacial score (nSPS) is 12.3. The van der Waals surface area contributed by atoms with Crippen LogP contribution in [-0.4, -0.2) is 10.9 Å². The number of rotatable bonds is 4. The van der Waals surface area contributed by atoms with Gasteiger partial charge in [-0.15, -0.1) is 0 Å². The Kier molecular flexibility index (Phi) is 3.96. The molecule has 1 atom stereocenters. The van der Waals surface area contributed by atoms with E-state index in [2.05, 4.69) is 41.5 Å². The molecule has 0 aliphatic carbocycles. The lowest BCUT2D eigenvalue weighted by Gasteiger charge is -2.14. The fourth-order valence-electron chi connectivity index (χ4n) is 2.68. The van der Waals surface area contributed by atoms with Gasteiger partial charge in [-0.1, -0.05) is 48.0 Å². The van der Waals surface area contributed by atoms with Crippen LogP contribution in [0.5, 0.6) is 0 Å². The number of amides is 1. The predicted molar refractivity (Wildman–Crippen MR) is 89.7 cm³/mol. The molecule has 112 valence electrons. The third-order valence-electron chi connectivity index (χ3n) is 3.98. The molecule has 3 heteroatoms. The Balaban J connectivity index is 1.68. The molecule has 0 fully saturated rings. The highest BCUT2D eigenvalue weighted by Crippen LogP contribution is 2.19. The zero-order valence-electron chi connectivity index (χ0n) is 12.9. The highest BCUT2D eigenvalue weighted by Gasteiger charge is 2.12. The van der Waals surface area contributed by atoms with Gasteiger partial charge in [0.15, 0.2) is 0 Å². The third kappa shape index (κ3) is 3.03. The minimum atomic E-state index is 0.0123. The summed E-state index contributed by atoms with van der Waals surface area (Å²) in [7, 11) is 0. The van der Waals surface area contributed by atoms with Gasteiger partial charge in [0.1, 0.15) is 0 Å². The first-order valence-corrected chi connectivity index (χ1v) is 7.54. The second kappa shape index (κ2) is 6.06. The van der Waals surface area contributed by atoms with E-state index in [1.165, 1.54) is 5.56 Å². The molecule has 0 spiro atoms. The molecule has 22 heavy (non-hydrogen) atoms. The number of aromatic amines is 1. The van der Waals surface area contributed by atoms with Crippen molar-refractivity contribution in [2.45, 2.75) is 26.3 Å². The number of nitrogens with one attached hydrogen (secondary N) is 2. The number of H-pyrrole nitrogens is 1. The van der Waals surface area contributed by atoms with Gasteiger partial charge in [-0.3, -0.25) is 4.79 Å². The summed E-state index contributed by atoms with van der Waals surface area (Å²) >= 11 is 0. The number of aryl methyl sites for hydroxylation is 1. The lowest BCUT2D eigenvalue weighted by molar-refractivity contribution is -0.121. The van der Waals surface area contributed by atoms with E-state index in [1.807, 2.05) is 37.4 Å². The average molecular weight is 292 g/mol. The Morgan fingerprint density at radius 3 is 2.64 bits per heavy atom. The number of hydrogen-bond acceptors (Lipinski definition) is 1. The summed E-state index contributed by atoms with van der Waals surface area (Å²) in [5.74, 6) is 0.0397. The Bertz CT molecular complexity index is 787. The Morgan fingerprint density at radius 2 is 1.86 bits per heavy atom. The van der Waals surface area contributed by atoms with Crippen molar-refractivity contribution < 1.29 is 4.79 Å². The van der Waals surface area contributed by atoms with E-state index in [9.17, 15) is 4.79 Å². The summed E-state index contributed by atoms with van der Waals surface area (Å²) in [6.45, 7) is 4.07. The van der Waals surface area contributed by atoms with Crippen molar-refractivity contribution in [1.29, 1.82) is 0 Å². The Morgan fingerprint density at radius 1 is 1.14 bits per heavy atom. The number of aromatic nitrogens is 1. The topological polar surface area (TPSA) is 44.9 Å². The van der Waals surface area contributed by atoms with Gasteiger partial charge < -0.3 is 10.3 Å². The van der Waals surface area contributed by atoms with Crippen LogP contribution >= 0.6 is 0 Å². The largest absolute Gasteiger partial charge is 0.361 e. The highest BCUT2D eigenvalue weighted by atomic mass is 16.1. The smallest absolute Gasteiger partial charge is 0.224 e. The number of fused-ring (bicyclic) bond motifs is 1. The van der Waals surface area contributed by atoms with E-state index < -0.39 is 0 Å². The van der Waals surface area contributed by atoms with Gasteiger partial charge in [0.2, 0.25) is 5.91 Å². The molecule has 1 amide bonds. The molecule has 0 aliphatic rings. The SMILES string of the molecule is Cc1ccc(C(C)NC(=O)Cc2c[nH]c3ccccc23)cc1. The molecule has 0 radical (unpaired) electrons. The summed E-state index contributed by atoms with van der Waals surface area (Å²) in [4.78, 5) is 15.5. The van der Waals surface area contributed by atoms with Crippen molar-refractivity contribution in [2.24, 2.45) is 0 Å². The molecule has 0 bridgehead atoms. The van der Waals surface area contributed by atoms with Crippen LogP contribution in [0.15, 0.2) is 54.7 Å². The standard InChI is InChI=1S/C19H20N2O/c1-13-7-9-15(10-8-13)14(2)21-19(22)11-16-12-20-18-6-4-3-5-17(16)18/h3-10,12,14,20H,11H2,1-2H3,(H,21,22). The fraction of sp³-hybridized carbons (Fsp3) is 0.211. The maximum Gasteiger partial charge on any atom is 0.224 e. The number of carbonyl (C=O) groups excluding carboxylic acids is 1. The van der Waals surface area contributed by atoms with Gasteiger partial charge in [0.05, 0.1) is 12.5 Å². The quantitative estimate of drug-likeness (QED) is 0.752. The molecule has 1 aromatic heterocycles. The second-order valence-corrected chi connectivity index (χ2v) is 5.74. The van der Waals surface area contributed by atoms with Crippen molar-refractivity contribution in [3.05, 3.63) is 71.4 Å². The van der Waals surface area contributed by atoms with Gasteiger partial charge in [-0.25, -0.2) is 0 Å². The van der Waals surface area contributed by atoms with Crippen molar-refractivity contribution in [1.82, 2.24) is 10.3 Å². The van der Waals surface area contributed by atoms with Crippen LogP contribution in [0.1, 0.15) is 29.7 Å². The van der Waals surface area contributed by atoms with Gasteiger partial charge in [-0.2, -0.15) is 0 Å². The highest BCUT2D eigenvalue weighted by molar-refractivity contribution is 5.88. The van der Waals surface area contributed by atoms with E-state index in [0.29, 0.717) is 6.42 Å². The van der Waals surface area contributed by atoms with E-state index in [4.69, 9.17) is 0 Å². The molecular formula is C19H20N2O. The third-order valence-corrected chi connectivity index (χ3v) is 3.98. The monoisotopic (exact) mass is 292 g/mol. The van der Waals surface area contributed by atoms with E-state index in [1.54, 1.807) is 0 Å². The molecule has 0 aliphatic heterocycles. The number of benzene rings is 2. The van der Waals surface area contributed by atoms with Gasteiger partial charge in [0, 0.05) is 17.1 Å². The summed E-state index contributed by atoms with van der Waals surface area (Å²) < 4.78 is 0. The van der Waals surface area contributed by atoms with Crippen LogP contribution in [0.2, 0.25) is 0 Å². The maximum absolute atomic E-state index is 12.3. The summed E-state index contributed by atoms with van der Waals surface area (Å²) in [5.41, 5.74) is 4.44. The van der Waals surface area contributed by atoms with Crippen LogP contribution in [0.25, 0.3) is 10.9 Å². The first kappa shape index (κ1) is 14.4. The van der Waals surface area contributed by atoms with E-state index in [-0.39, 0.29) is 11.9 Å². The summed E-state index contributed by atoms with van der Waals surface area (Å²) in [6.07, 6.45) is 2.31. The molecule has 0 saturated carbocycles. The van der Waals surface area contributed by atoms with E-state index in [0.717, 1.165) is 22.0 Å². The zero-order chi connectivity index (χ0) is 15.5. The summed E-state index contributed by atoms with van der Waals surface area (Å²) in [6, 6.07) is 16.3. The van der Waals surface area contributed by atoms with Crippen LogP contribution in [0.3, 0.4) is 0 Å². The fourth-order valence-corrected chi connectivity index (χ4v) is 2.68. The minimum Gasteiger partial charge on any atom is -0.361 e. The first-order chi connectivity index (χ1) is 10.6. The first-order valence-electron chi connectivity index (χ1n) is 7.54. The molecule has 2 aromatic carbocycles. The van der Waals surface area contributed by atoms with Crippen molar-refractivity contribution in [2.75, 3.05) is 0 Å². The molecule has 3 rings (SSSR count). The molecule has 1 unspecified atom stereocenters. The minimum absolute atomic E-state index is 0.0123. The Labute approximate surface area is 130 Å². The molecule has 3 aromatic rings. The number of carbonyl (C=O) groups is 1. The van der Waals surface area contributed by atoms with E-state index >= 15 is 0 Å². The maximum atomic E-state index is 12.3. The van der Waals surface area contributed by atoms with Gasteiger partial charge in [0.25, 0.3) is 0 Å². The lowest BCUT2D eigenvalue weighted by Crippen LogP contribution is -2.28. The molecule has 1 heterocycles. The lowest BCUT2D eigenvalue weighted by atomic mass is 10.1.